The summed E-state index contributed by atoms with van der Waals surface area (Å²) < 4.78 is 40.0. The van der Waals surface area contributed by atoms with Crippen molar-refractivity contribution >= 4 is 25.5 Å². The van der Waals surface area contributed by atoms with Crippen molar-refractivity contribution in [1.29, 1.82) is 0 Å². The van der Waals surface area contributed by atoms with Gasteiger partial charge >= 0.3 is 11.9 Å². The Bertz CT molecular complexity index is 1380. The van der Waals surface area contributed by atoms with E-state index in [-0.39, 0.29) is 31.8 Å². The van der Waals surface area contributed by atoms with Crippen LogP contribution >= 0.6 is 7.82 Å². The van der Waals surface area contributed by atoms with Crippen LogP contribution in [0.3, 0.4) is 0 Å². The van der Waals surface area contributed by atoms with E-state index in [1.54, 1.807) is 6.08 Å². The van der Waals surface area contributed by atoms with E-state index >= 15 is 0 Å². The Kier molecular flexibility index (Phi) is 29.7. The summed E-state index contributed by atoms with van der Waals surface area (Å²) in [5.74, 6) is 1.45. The van der Waals surface area contributed by atoms with Crippen LogP contribution < -0.4 is 4.89 Å². The highest BCUT2D eigenvalue weighted by Crippen LogP contribution is 2.38. The van der Waals surface area contributed by atoms with Gasteiger partial charge < -0.3 is 32.3 Å². The van der Waals surface area contributed by atoms with Gasteiger partial charge in [0.15, 0.2) is 11.9 Å². The lowest BCUT2D eigenvalue weighted by atomic mass is 10.0. The molecule has 334 valence electrons. The summed E-state index contributed by atoms with van der Waals surface area (Å²) in [5, 5.41) is 0. The number of phosphoric ester groups is 1. The first kappa shape index (κ1) is 53.5. The van der Waals surface area contributed by atoms with Crippen molar-refractivity contribution in [2.24, 2.45) is 0 Å². The van der Waals surface area contributed by atoms with Crippen molar-refractivity contribution < 1.29 is 51.3 Å². The zero-order valence-electron chi connectivity index (χ0n) is 37.5. The summed E-state index contributed by atoms with van der Waals surface area (Å²) in [4.78, 5) is 49.7. The second-order valence-electron chi connectivity index (χ2n) is 16.7. The van der Waals surface area contributed by atoms with Gasteiger partial charge in [-0.1, -0.05) is 103 Å². The molecule has 12 heteroatoms. The molecule has 11 nitrogen and oxygen atoms in total. The normalized spacial score (nSPS) is 13.7. The summed E-state index contributed by atoms with van der Waals surface area (Å²) in [6.45, 7) is 8.24. The number of allylic oxidation sites excluding steroid dienone is 4. The Morgan fingerprint density at radius 3 is 1.86 bits per heavy atom. The lowest BCUT2D eigenvalue weighted by Gasteiger charge is -2.28. The van der Waals surface area contributed by atoms with Gasteiger partial charge in [0, 0.05) is 32.1 Å². The fourth-order valence-corrected chi connectivity index (χ4v) is 7.06. The van der Waals surface area contributed by atoms with Crippen LogP contribution in [0.25, 0.3) is 0 Å². The smallest absolute Gasteiger partial charge is 0.306 e. The molecule has 0 aliphatic carbocycles. The number of likely N-dealkylation sites (N-methyl/N-ethyl adjacent to an activating group) is 1. The monoisotopic (exact) mass is 838 g/mol. The van der Waals surface area contributed by atoms with Crippen molar-refractivity contribution in [3.8, 4) is 0 Å². The number of carbonyl (C=O) groups excluding carboxylic acids is 3. The molecular weight excluding hydrogens is 757 g/mol. The average molecular weight is 838 g/mol. The number of hydrogen-bond acceptors (Lipinski definition) is 10. The predicted octanol–water partition coefficient (Wildman–Crippen LogP) is 10.6. The minimum atomic E-state index is -4.67. The molecule has 0 spiro atoms. The number of ketones is 1. The topological polar surface area (TPSA) is 141 Å². The van der Waals surface area contributed by atoms with Crippen LogP contribution in [0.15, 0.2) is 28.7 Å². The second kappa shape index (κ2) is 32.2. The maximum atomic E-state index is 12.7. The van der Waals surface area contributed by atoms with Crippen LogP contribution in [0.4, 0.5) is 0 Å². The Morgan fingerprint density at radius 1 is 0.690 bits per heavy atom. The standard InChI is InChI=1S/C46H80NO10P/c1-8-10-11-12-15-19-24-30-41(48)31-25-20-18-23-28-34-46(50)56-42(38-55-58(51,52)54-36-35-47(5,6)7)37-53-45(49)33-27-22-17-14-13-16-21-26-32-44-40(4)39(3)43(57-44)29-9-2/h15,19,24,30,42H,8-14,16-18,20-23,25-29,31-38H2,1-7H3/b19-15-,30-24+/t42-/m1/s1. The third-order valence-corrected chi connectivity index (χ3v) is 11.1. The maximum absolute atomic E-state index is 12.7. The van der Waals surface area contributed by atoms with Gasteiger partial charge in [-0.3, -0.25) is 18.9 Å². The fourth-order valence-electron chi connectivity index (χ4n) is 6.33. The molecule has 0 saturated heterocycles. The van der Waals surface area contributed by atoms with Gasteiger partial charge in [-0.2, -0.15) is 0 Å². The number of unbranched alkanes of at least 4 members (excludes halogenated alkanes) is 14. The molecule has 0 saturated carbocycles. The number of hydrogen-bond donors (Lipinski definition) is 0. The van der Waals surface area contributed by atoms with Crippen LogP contribution in [0.1, 0.15) is 171 Å². The average Bonchev–Trinajstić information content (AvgIpc) is 3.43. The first-order valence-electron chi connectivity index (χ1n) is 22.4. The molecule has 1 aromatic rings. The van der Waals surface area contributed by atoms with Crippen LogP contribution in [-0.4, -0.2) is 75.8 Å². The molecule has 0 aliphatic heterocycles. The molecule has 0 N–H and O–H groups in total. The van der Waals surface area contributed by atoms with Gasteiger partial charge in [0.25, 0.3) is 7.82 Å². The number of carbonyl (C=O) groups is 3. The molecule has 0 amide bonds. The molecule has 2 atom stereocenters. The summed E-state index contributed by atoms with van der Waals surface area (Å²) in [5.41, 5.74) is 2.61. The summed E-state index contributed by atoms with van der Waals surface area (Å²) in [7, 11) is 1.07. The van der Waals surface area contributed by atoms with Crippen molar-refractivity contribution in [3.05, 3.63) is 47.0 Å². The van der Waals surface area contributed by atoms with E-state index in [0.29, 0.717) is 30.3 Å². The Balaban J connectivity index is 2.37. The number of quaternary nitrogens is 1. The molecule has 0 radical (unpaired) electrons. The summed E-state index contributed by atoms with van der Waals surface area (Å²) in [6.07, 6.45) is 27.3. The second-order valence-corrected chi connectivity index (χ2v) is 18.1. The first-order valence-corrected chi connectivity index (χ1v) is 23.8. The number of nitrogens with zero attached hydrogens (tertiary/aromatic N) is 1. The van der Waals surface area contributed by atoms with E-state index in [9.17, 15) is 23.8 Å². The number of ether oxygens (including phenoxy) is 2. The van der Waals surface area contributed by atoms with Crippen molar-refractivity contribution in [1.82, 2.24) is 0 Å². The molecule has 0 aromatic carbocycles. The predicted molar refractivity (Wildman–Crippen MR) is 230 cm³/mol. The summed E-state index contributed by atoms with van der Waals surface area (Å²) in [6, 6.07) is 0. The van der Waals surface area contributed by atoms with E-state index in [2.05, 4.69) is 33.8 Å². The molecule has 0 aliphatic rings. The molecule has 1 unspecified atom stereocenters. The zero-order chi connectivity index (χ0) is 43.1. The molecule has 58 heavy (non-hydrogen) atoms. The van der Waals surface area contributed by atoms with E-state index in [1.165, 1.54) is 43.2 Å². The lowest BCUT2D eigenvalue weighted by molar-refractivity contribution is -0.870. The van der Waals surface area contributed by atoms with Crippen molar-refractivity contribution in [3.63, 3.8) is 0 Å². The lowest BCUT2D eigenvalue weighted by Crippen LogP contribution is -2.37. The molecule has 0 bridgehead atoms. The first-order chi connectivity index (χ1) is 27.7. The van der Waals surface area contributed by atoms with E-state index < -0.39 is 32.5 Å². The van der Waals surface area contributed by atoms with Crippen LogP contribution in [0.5, 0.6) is 0 Å². The maximum Gasteiger partial charge on any atom is 0.306 e. The molecule has 1 rings (SSSR count). The Labute approximate surface area is 351 Å². The molecule has 0 fully saturated rings. The van der Waals surface area contributed by atoms with Crippen LogP contribution in [0, 0.1) is 13.8 Å². The highest BCUT2D eigenvalue weighted by molar-refractivity contribution is 7.45. The SMILES string of the molecule is CCCCC/C=C\C=C\C(=O)CCCCCCCC(=O)O[C@H](COC(=O)CCCCCCCCCCc1oc(CCC)c(C)c1C)COP(=O)([O-])OCC[N+](C)(C)C. The van der Waals surface area contributed by atoms with Crippen LogP contribution in [-0.2, 0) is 50.3 Å². The third-order valence-electron chi connectivity index (χ3n) is 10.1. The summed E-state index contributed by atoms with van der Waals surface area (Å²) >= 11 is 0. The minimum absolute atomic E-state index is 0.0593. The molecule has 1 heterocycles. The Morgan fingerprint density at radius 2 is 1.26 bits per heavy atom. The van der Waals surface area contributed by atoms with Gasteiger partial charge in [-0.05, 0) is 76.0 Å². The van der Waals surface area contributed by atoms with Gasteiger partial charge in [0.2, 0.25) is 0 Å². The Hall–Kier alpha value is -2.56. The number of furan rings is 1. The van der Waals surface area contributed by atoms with E-state index in [1.807, 2.05) is 33.3 Å². The third kappa shape index (κ3) is 28.8. The fraction of sp³-hybridized carbons (Fsp3) is 0.761. The van der Waals surface area contributed by atoms with Gasteiger partial charge in [0.1, 0.15) is 31.3 Å². The molecular formula is C46H80NO10P. The number of phosphoric acid groups is 1. The van der Waals surface area contributed by atoms with E-state index in [4.69, 9.17) is 22.9 Å². The minimum Gasteiger partial charge on any atom is -0.756 e. The number of aryl methyl sites for hydroxylation is 2. The van der Waals surface area contributed by atoms with Gasteiger partial charge in [-0.15, -0.1) is 0 Å². The van der Waals surface area contributed by atoms with Crippen LogP contribution in [0.2, 0.25) is 0 Å². The van der Waals surface area contributed by atoms with Gasteiger partial charge in [-0.25, -0.2) is 0 Å². The quantitative estimate of drug-likeness (QED) is 0.0159. The van der Waals surface area contributed by atoms with Gasteiger partial charge in [0.05, 0.1) is 27.7 Å². The highest BCUT2D eigenvalue weighted by Gasteiger charge is 2.22. The number of esters is 2. The highest BCUT2D eigenvalue weighted by atomic mass is 31.2. The van der Waals surface area contributed by atoms with Crippen molar-refractivity contribution in [2.75, 3.05) is 47.5 Å². The largest absolute Gasteiger partial charge is 0.756 e. The van der Waals surface area contributed by atoms with Crippen molar-refractivity contribution in [2.45, 2.75) is 181 Å². The zero-order valence-corrected chi connectivity index (χ0v) is 38.3. The number of rotatable bonds is 37. The van der Waals surface area contributed by atoms with E-state index in [0.717, 1.165) is 95.0 Å². The molecule has 1 aromatic heterocycles.